The third-order valence-electron chi connectivity index (χ3n) is 3.53. The Morgan fingerprint density at radius 1 is 1.57 bits per heavy atom. The first kappa shape index (κ1) is 15.7. The second-order valence-corrected chi connectivity index (χ2v) is 5.81. The molecule has 0 saturated heterocycles. The highest BCUT2D eigenvalue weighted by atomic mass is 32.1. The minimum absolute atomic E-state index is 0.0489. The first-order chi connectivity index (χ1) is 10.1. The summed E-state index contributed by atoms with van der Waals surface area (Å²) in [5.41, 5.74) is 0.480. The van der Waals surface area contributed by atoms with Crippen LogP contribution in [0.25, 0.3) is 4.96 Å². The Morgan fingerprint density at radius 2 is 2.33 bits per heavy atom. The van der Waals surface area contributed by atoms with Crippen molar-refractivity contribution in [1.82, 2.24) is 14.7 Å². The summed E-state index contributed by atoms with van der Waals surface area (Å²) in [6.07, 6.45) is 2.83. The lowest BCUT2D eigenvalue weighted by atomic mass is 10.0. The largest absolute Gasteiger partial charge is 0.396 e. The lowest BCUT2D eigenvalue weighted by Gasteiger charge is -2.14. The minimum Gasteiger partial charge on any atom is -0.396 e. The monoisotopic (exact) mass is 309 g/mol. The minimum atomic E-state index is -0.413. The van der Waals surface area contributed by atoms with E-state index in [-0.39, 0.29) is 23.6 Å². The zero-order valence-electron chi connectivity index (χ0n) is 12.1. The molecule has 1 atom stereocenters. The number of aliphatic hydroxyl groups excluding tert-OH is 1. The Morgan fingerprint density at radius 3 is 3.00 bits per heavy atom. The van der Waals surface area contributed by atoms with Crippen molar-refractivity contribution in [2.24, 2.45) is 5.92 Å². The molecule has 2 aromatic rings. The molecule has 2 aromatic heterocycles. The van der Waals surface area contributed by atoms with Crippen molar-refractivity contribution >= 4 is 22.2 Å². The molecule has 2 N–H and O–H groups in total. The average molecular weight is 309 g/mol. The van der Waals surface area contributed by atoms with E-state index in [2.05, 4.69) is 10.3 Å². The molecule has 0 aliphatic heterocycles. The van der Waals surface area contributed by atoms with Crippen LogP contribution < -0.4 is 10.9 Å². The number of aromatic nitrogens is 2. The van der Waals surface area contributed by atoms with Gasteiger partial charge in [0.25, 0.3) is 11.5 Å². The summed E-state index contributed by atoms with van der Waals surface area (Å²) < 4.78 is 1.45. The molecule has 0 aliphatic carbocycles. The third-order valence-corrected chi connectivity index (χ3v) is 4.48. The van der Waals surface area contributed by atoms with Gasteiger partial charge in [0.15, 0.2) is 4.96 Å². The van der Waals surface area contributed by atoms with Gasteiger partial charge < -0.3 is 10.4 Å². The van der Waals surface area contributed by atoms with E-state index in [0.717, 1.165) is 12.1 Å². The lowest BCUT2D eigenvalue weighted by molar-refractivity contribution is 0.0941. The van der Waals surface area contributed by atoms with Crippen LogP contribution in [0.4, 0.5) is 0 Å². The SMILES string of the molecule is CCC(CCO)CNC(=O)c1cnc2scc(C)n2c1=O. The molecule has 0 saturated carbocycles. The first-order valence-corrected chi connectivity index (χ1v) is 7.81. The number of amides is 1. The van der Waals surface area contributed by atoms with Crippen LogP contribution in [0.3, 0.4) is 0 Å². The summed E-state index contributed by atoms with van der Waals surface area (Å²) in [7, 11) is 0. The van der Waals surface area contributed by atoms with Crippen molar-refractivity contribution < 1.29 is 9.90 Å². The molecule has 0 fully saturated rings. The van der Waals surface area contributed by atoms with Gasteiger partial charge in [-0.1, -0.05) is 13.3 Å². The molecule has 0 aliphatic rings. The molecule has 0 radical (unpaired) electrons. The summed E-state index contributed by atoms with van der Waals surface area (Å²) >= 11 is 1.37. The fraction of sp³-hybridized carbons (Fsp3) is 0.500. The number of aryl methyl sites for hydroxylation is 1. The van der Waals surface area contributed by atoms with E-state index in [4.69, 9.17) is 5.11 Å². The Bertz CT molecular complexity index is 692. The van der Waals surface area contributed by atoms with Crippen molar-refractivity contribution in [3.05, 3.63) is 33.2 Å². The third kappa shape index (κ3) is 3.30. The number of thiazole rings is 1. The summed E-state index contributed by atoms with van der Waals surface area (Å²) in [5, 5.41) is 13.5. The van der Waals surface area contributed by atoms with Gasteiger partial charge in [0.1, 0.15) is 5.56 Å². The predicted octanol–water partition coefficient (Wildman–Crippen LogP) is 1.20. The van der Waals surface area contributed by atoms with Crippen LogP contribution >= 0.6 is 11.3 Å². The average Bonchev–Trinajstić information content (AvgIpc) is 2.85. The van der Waals surface area contributed by atoms with Crippen LogP contribution in [0.2, 0.25) is 0 Å². The Labute approximate surface area is 126 Å². The standard InChI is InChI=1S/C14H19N3O3S/c1-3-10(4-5-18)6-15-12(19)11-7-16-14-17(13(11)20)9(2)8-21-14/h7-8,10,18H,3-6H2,1-2H3,(H,15,19). The fourth-order valence-corrected chi connectivity index (χ4v) is 2.97. The van der Waals surface area contributed by atoms with Crippen molar-refractivity contribution in [2.45, 2.75) is 26.7 Å². The van der Waals surface area contributed by atoms with E-state index >= 15 is 0 Å². The van der Waals surface area contributed by atoms with Gasteiger partial charge in [0.2, 0.25) is 0 Å². The molecule has 2 rings (SSSR count). The maximum Gasteiger partial charge on any atom is 0.271 e. The highest BCUT2D eigenvalue weighted by molar-refractivity contribution is 7.15. The van der Waals surface area contributed by atoms with Gasteiger partial charge in [0.05, 0.1) is 0 Å². The summed E-state index contributed by atoms with van der Waals surface area (Å²) in [6.45, 7) is 4.35. The van der Waals surface area contributed by atoms with Gasteiger partial charge in [-0.3, -0.25) is 14.0 Å². The zero-order valence-corrected chi connectivity index (χ0v) is 12.9. The van der Waals surface area contributed by atoms with Crippen LogP contribution in [0.15, 0.2) is 16.4 Å². The van der Waals surface area contributed by atoms with E-state index in [1.165, 1.54) is 21.9 Å². The molecule has 0 aromatic carbocycles. The van der Waals surface area contributed by atoms with E-state index in [9.17, 15) is 9.59 Å². The Kier molecular flexibility index (Phi) is 5.08. The summed E-state index contributed by atoms with van der Waals surface area (Å²) in [5.74, 6) is -0.204. The van der Waals surface area contributed by atoms with Gasteiger partial charge in [-0.15, -0.1) is 11.3 Å². The van der Waals surface area contributed by atoms with Gasteiger partial charge in [-0.25, -0.2) is 4.98 Å². The molecule has 1 unspecified atom stereocenters. The number of nitrogens with one attached hydrogen (secondary N) is 1. The van der Waals surface area contributed by atoms with E-state index in [0.29, 0.717) is 17.9 Å². The number of aliphatic hydroxyl groups is 1. The lowest BCUT2D eigenvalue weighted by Crippen LogP contribution is -2.34. The molecule has 114 valence electrons. The van der Waals surface area contributed by atoms with E-state index in [1.807, 2.05) is 19.2 Å². The molecule has 2 heterocycles. The van der Waals surface area contributed by atoms with E-state index in [1.54, 1.807) is 0 Å². The molecular weight excluding hydrogens is 290 g/mol. The summed E-state index contributed by atoms with van der Waals surface area (Å²) in [6, 6.07) is 0. The van der Waals surface area contributed by atoms with Crippen molar-refractivity contribution in [1.29, 1.82) is 0 Å². The quantitative estimate of drug-likeness (QED) is 0.840. The fourth-order valence-electron chi connectivity index (χ4n) is 2.15. The normalized spacial score (nSPS) is 12.5. The number of nitrogens with zero attached hydrogens (tertiary/aromatic N) is 2. The second kappa shape index (κ2) is 6.82. The molecule has 21 heavy (non-hydrogen) atoms. The Hall–Kier alpha value is -1.73. The molecule has 1 amide bonds. The number of fused-ring (bicyclic) bond motifs is 1. The van der Waals surface area contributed by atoms with E-state index < -0.39 is 5.91 Å². The van der Waals surface area contributed by atoms with Crippen molar-refractivity contribution in [2.75, 3.05) is 13.2 Å². The van der Waals surface area contributed by atoms with Crippen LogP contribution in [-0.2, 0) is 0 Å². The topological polar surface area (TPSA) is 83.7 Å². The van der Waals surface area contributed by atoms with Gasteiger partial charge in [-0.05, 0) is 19.3 Å². The van der Waals surface area contributed by atoms with Gasteiger partial charge >= 0.3 is 0 Å². The number of hydrogen-bond acceptors (Lipinski definition) is 5. The van der Waals surface area contributed by atoms with Gasteiger partial charge in [-0.2, -0.15) is 0 Å². The number of carbonyl (C=O) groups excluding carboxylic acids is 1. The number of carbonyl (C=O) groups is 1. The van der Waals surface area contributed by atoms with Crippen LogP contribution in [0, 0.1) is 12.8 Å². The molecule has 6 nitrogen and oxygen atoms in total. The number of rotatable bonds is 6. The highest BCUT2D eigenvalue weighted by Crippen LogP contribution is 2.11. The van der Waals surface area contributed by atoms with Crippen molar-refractivity contribution in [3.63, 3.8) is 0 Å². The van der Waals surface area contributed by atoms with Crippen molar-refractivity contribution in [3.8, 4) is 0 Å². The number of hydrogen-bond donors (Lipinski definition) is 2. The Balaban J connectivity index is 2.18. The van der Waals surface area contributed by atoms with Crippen LogP contribution in [-0.4, -0.2) is 33.6 Å². The first-order valence-electron chi connectivity index (χ1n) is 6.93. The highest BCUT2D eigenvalue weighted by Gasteiger charge is 2.16. The smallest absolute Gasteiger partial charge is 0.271 e. The summed E-state index contributed by atoms with van der Waals surface area (Å²) in [4.78, 5) is 29.2. The predicted molar refractivity (Wildman–Crippen MR) is 81.9 cm³/mol. The maximum absolute atomic E-state index is 12.3. The molecule has 0 bridgehead atoms. The van der Waals surface area contributed by atoms with Crippen LogP contribution in [0.5, 0.6) is 0 Å². The maximum atomic E-state index is 12.3. The second-order valence-electron chi connectivity index (χ2n) is 4.97. The van der Waals surface area contributed by atoms with Gasteiger partial charge in [0, 0.05) is 30.4 Å². The molecular formula is C14H19N3O3S. The molecule has 0 spiro atoms. The van der Waals surface area contributed by atoms with Crippen LogP contribution in [0.1, 0.15) is 35.8 Å². The molecule has 7 heteroatoms. The zero-order chi connectivity index (χ0) is 15.4.